The van der Waals surface area contributed by atoms with Crippen molar-refractivity contribution in [3.63, 3.8) is 0 Å². The molecule has 2 N–H and O–H groups in total. The van der Waals surface area contributed by atoms with Gasteiger partial charge in [-0.3, -0.25) is 4.99 Å². The first-order valence-corrected chi connectivity index (χ1v) is 6.43. The van der Waals surface area contributed by atoms with Gasteiger partial charge >= 0.3 is 6.36 Å². The number of rotatable bonds is 4. The summed E-state index contributed by atoms with van der Waals surface area (Å²) >= 11 is 0. The van der Waals surface area contributed by atoms with Crippen LogP contribution in [0.2, 0.25) is 0 Å². The molecule has 0 radical (unpaired) electrons. The van der Waals surface area contributed by atoms with Gasteiger partial charge in [-0.25, -0.2) is 0 Å². The van der Waals surface area contributed by atoms with E-state index in [4.69, 9.17) is 4.74 Å². The minimum absolute atomic E-state index is 0.112. The molecule has 0 unspecified atom stereocenters. The van der Waals surface area contributed by atoms with Gasteiger partial charge in [0.05, 0.1) is 19.2 Å². The van der Waals surface area contributed by atoms with Gasteiger partial charge in [-0.15, -0.1) is 13.2 Å². The van der Waals surface area contributed by atoms with Crippen molar-refractivity contribution in [1.29, 1.82) is 0 Å². The van der Waals surface area contributed by atoms with Gasteiger partial charge in [0, 0.05) is 13.1 Å². The molecule has 116 valence electrons. The van der Waals surface area contributed by atoms with Crippen molar-refractivity contribution in [3.8, 4) is 11.5 Å². The van der Waals surface area contributed by atoms with Crippen molar-refractivity contribution in [2.45, 2.75) is 19.3 Å². The van der Waals surface area contributed by atoms with E-state index in [-0.39, 0.29) is 17.9 Å². The highest BCUT2D eigenvalue weighted by Gasteiger charge is 2.32. The Balaban J connectivity index is 2.16. The van der Waals surface area contributed by atoms with Gasteiger partial charge in [-0.1, -0.05) is 6.07 Å². The van der Waals surface area contributed by atoms with E-state index in [2.05, 4.69) is 20.4 Å². The molecule has 0 amide bonds. The van der Waals surface area contributed by atoms with Crippen LogP contribution in [0.5, 0.6) is 11.5 Å². The normalized spacial score (nSPS) is 15.0. The van der Waals surface area contributed by atoms with Crippen molar-refractivity contribution in [1.82, 2.24) is 10.6 Å². The molecule has 0 fully saturated rings. The van der Waals surface area contributed by atoms with Gasteiger partial charge in [0.1, 0.15) is 11.5 Å². The molecule has 1 heterocycles. The van der Waals surface area contributed by atoms with Crippen LogP contribution in [0.25, 0.3) is 0 Å². The number of hydrogen-bond acceptors (Lipinski definition) is 5. The minimum atomic E-state index is -4.75. The van der Waals surface area contributed by atoms with E-state index in [1.807, 2.05) is 0 Å². The molecule has 8 heteroatoms. The molecule has 0 saturated carbocycles. The van der Waals surface area contributed by atoms with Gasteiger partial charge in [-0.05, 0) is 18.6 Å². The monoisotopic (exact) mass is 303 g/mol. The van der Waals surface area contributed by atoms with E-state index in [9.17, 15) is 13.2 Å². The number of halogens is 3. The number of ether oxygens (including phenoxy) is 2. The maximum absolute atomic E-state index is 12.4. The van der Waals surface area contributed by atoms with Gasteiger partial charge < -0.3 is 20.1 Å². The number of guanidine groups is 1. The number of hydrogen-bond donors (Lipinski definition) is 2. The lowest BCUT2D eigenvalue weighted by Crippen LogP contribution is -2.40. The molecule has 21 heavy (non-hydrogen) atoms. The third-order valence-electron chi connectivity index (χ3n) is 2.87. The first kappa shape index (κ1) is 15.3. The Labute approximate surface area is 120 Å². The molecule has 0 spiro atoms. The zero-order valence-corrected chi connectivity index (χ0v) is 11.5. The van der Waals surface area contributed by atoms with Crippen LogP contribution < -0.4 is 20.1 Å². The van der Waals surface area contributed by atoms with E-state index < -0.39 is 6.36 Å². The van der Waals surface area contributed by atoms with E-state index in [0.717, 1.165) is 13.0 Å². The predicted molar refractivity (Wildman–Crippen MR) is 71.4 cm³/mol. The number of methoxy groups -OCH3 is 1. The molecule has 0 atom stereocenters. The van der Waals surface area contributed by atoms with Crippen LogP contribution in [0.1, 0.15) is 12.0 Å². The summed E-state index contributed by atoms with van der Waals surface area (Å²) in [5.41, 5.74) is 0.285. The first-order valence-electron chi connectivity index (χ1n) is 6.43. The van der Waals surface area contributed by atoms with Crippen LogP contribution in [0.4, 0.5) is 13.2 Å². The van der Waals surface area contributed by atoms with Gasteiger partial charge in [0.15, 0.2) is 5.96 Å². The molecule has 1 aliphatic rings. The maximum atomic E-state index is 12.4. The molecule has 1 aliphatic heterocycles. The van der Waals surface area contributed by atoms with Crippen LogP contribution in [0, 0.1) is 0 Å². The minimum Gasteiger partial charge on any atom is -0.496 e. The van der Waals surface area contributed by atoms with Crippen LogP contribution in [0.15, 0.2) is 23.2 Å². The number of nitrogens with one attached hydrogen (secondary N) is 2. The van der Waals surface area contributed by atoms with Crippen molar-refractivity contribution >= 4 is 5.96 Å². The fraction of sp³-hybridized carbons (Fsp3) is 0.462. The van der Waals surface area contributed by atoms with Gasteiger partial charge in [-0.2, -0.15) is 0 Å². The molecule has 0 saturated heterocycles. The molecule has 1 aromatic carbocycles. The quantitative estimate of drug-likeness (QED) is 0.894. The number of nitrogens with zero attached hydrogens (tertiary/aromatic N) is 1. The Morgan fingerprint density at radius 2 is 2.10 bits per heavy atom. The van der Waals surface area contributed by atoms with Crippen LogP contribution in [0.3, 0.4) is 0 Å². The Bertz CT molecular complexity index is 518. The van der Waals surface area contributed by atoms with E-state index in [1.165, 1.54) is 19.2 Å². The molecule has 5 nitrogen and oxygen atoms in total. The summed E-state index contributed by atoms with van der Waals surface area (Å²) in [6.07, 6.45) is -3.82. The average molecular weight is 303 g/mol. The summed E-state index contributed by atoms with van der Waals surface area (Å²) < 4.78 is 46.4. The highest BCUT2D eigenvalue weighted by atomic mass is 19.4. The van der Waals surface area contributed by atoms with Crippen LogP contribution in [-0.4, -0.2) is 32.5 Å². The summed E-state index contributed by atoms with van der Waals surface area (Å²) in [6, 6.07) is 4.28. The Morgan fingerprint density at radius 3 is 2.71 bits per heavy atom. The summed E-state index contributed by atoms with van der Waals surface area (Å²) in [5, 5.41) is 5.98. The zero-order chi connectivity index (χ0) is 15.3. The van der Waals surface area contributed by atoms with Gasteiger partial charge in [0.25, 0.3) is 0 Å². The second kappa shape index (κ2) is 6.55. The van der Waals surface area contributed by atoms with E-state index in [1.54, 1.807) is 6.07 Å². The topological polar surface area (TPSA) is 54.9 Å². The molecule has 1 aromatic rings. The number of benzene rings is 1. The number of aliphatic imine (C=N–C) groups is 1. The predicted octanol–water partition coefficient (Wildman–Crippen LogP) is 2.03. The molecule has 0 aliphatic carbocycles. The molecule has 0 bridgehead atoms. The summed E-state index contributed by atoms with van der Waals surface area (Å²) in [7, 11) is 1.40. The van der Waals surface area contributed by atoms with E-state index >= 15 is 0 Å². The van der Waals surface area contributed by atoms with E-state index in [0.29, 0.717) is 18.3 Å². The van der Waals surface area contributed by atoms with Crippen molar-refractivity contribution < 1.29 is 22.6 Å². The standard InChI is InChI=1S/C13H16F3N3O2/c1-20-10-4-2-5-11(21-13(14,15)16)9(10)8-19-12-17-6-3-7-18-12/h2,4-5H,3,6-8H2,1H3,(H2,17,18,19). The summed E-state index contributed by atoms with van der Waals surface area (Å²) in [6.45, 7) is 1.58. The molecular weight excluding hydrogens is 287 g/mol. The van der Waals surface area contributed by atoms with Crippen molar-refractivity contribution in [2.24, 2.45) is 4.99 Å². The van der Waals surface area contributed by atoms with Crippen LogP contribution in [-0.2, 0) is 6.54 Å². The third-order valence-corrected chi connectivity index (χ3v) is 2.87. The first-order chi connectivity index (χ1) is 9.99. The SMILES string of the molecule is COc1cccc(OC(F)(F)F)c1CNC1=NCCCN1. The maximum Gasteiger partial charge on any atom is 0.573 e. The highest BCUT2D eigenvalue weighted by molar-refractivity contribution is 5.80. The summed E-state index contributed by atoms with van der Waals surface area (Å²) in [4.78, 5) is 4.19. The average Bonchev–Trinajstić information content (AvgIpc) is 2.45. The largest absolute Gasteiger partial charge is 0.573 e. The Hall–Kier alpha value is -2.12. The second-order valence-electron chi connectivity index (χ2n) is 4.35. The van der Waals surface area contributed by atoms with Crippen molar-refractivity contribution in [3.05, 3.63) is 23.8 Å². The summed E-state index contributed by atoms with van der Waals surface area (Å²) in [5.74, 6) is 0.594. The molecular formula is C13H16F3N3O2. The van der Waals surface area contributed by atoms with Crippen molar-refractivity contribution in [2.75, 3.05) is 20.2 Å². The Kier molecular flexibility index (Phi) is 4.77. The fourth-order valence-electron chi connectivity index (χ4n) is 1.95. The lowest BCUT2D eigenvalue weighted by atomic mass is 10.1. The molecule has 2 rings (SSSR count). The smallest absolute Gasteiger partial charge is 0.496 e. The Morgan fingerprint density at radius 1 is 1.33 bits per heavy atom. The zero-order valence-electron chi connectivity index (χ0n) is 11.5. The third kappa shape index (κ3) is 4.44. The fourth-order valence-corrected chi connectivity index (χ4v) is 1.95. The highest BCUT2D eigenvalue weighted by Crippen LogP contribution is 2.32. The lowest BCUT2D eigenvalue weighted by molar-refractivity contribution is -0.274. The van der Waals surface area contributed by atoms with Gasteiger partial charge in [0.2, 0.25) is 0 Å². The molecule has 0 aromatic heterocycles. The second-order valence-corrected chi connectivity index (χ2v) is 4.35. The number of alkyl halides is 3. The van der Waals surface area contributed by atoms with Crippen LogP contribution >= 0.6 is 0 Å². The lowest BCUT2D eigenvalue weighted by Gasteiger charge is -2.19.